The van der Waals surface area contributed by atoms with Crippen molar-refractivity contribution in [1.82, 2.24) is 9.55 Å². The largest absolute Gasteiger partial charge is 0.494 e. The van der Waals surface area contributed by atoms with Crippen molar-refractivity contribution in [3.63, 3.8) is 0 Å². The van der Waals surface area contributed by atoms with Gasteiger partial charge in [-0.15, -0.1) is 0 Å². The second-order valence-corrected chi connectivity index (χ2v) is 6.38. The number of hydrogen-bond acceptors (Lipinski definition) is 4. The molecule has 0 fully saturated rings. The summed E-state index contributed by atoms with van der Waals surface area (Å²) in [5.74, 6) is -0.350. The summed E-state index contributed by atoms with van der Waals surface area (Å²) in [5.41, 5.74) is 0.498. The van der Waals surface area contributed by atoms with Gasteiger partial charge in [-0.1, -0.05) is 18.2 Å². The minimum atomic E-state index is -0.666. The van der Waals surface area contributed by atoms with Gasteiger partial charge in [-0.25, -0.2) is 4.79 Å². The molecular formula is C17H17N3O3. The second-order valence-electron chi connectivity index (χ2n) is 6.38. The van der Waals surface area contributed by atoms with Gasteiger partial charge in [0, 0.05) is 22.9 Å². The van der Waals surface area contributed by atoms with E-state index in [1.54, 1.807) is 33.1 Å². The maximum atomic E-state index is 12.1. The highest BCUT2D eigenvalue weighted by Crippen LogP contribution is 2.33. The third-order valence-electron chi connectivity index (χ3n) is 3.65. The van der Waals surface area contributed by atoms with Crippen LogP contribution in [0.5, 0.6) is 5.88 Å². The number of aromatic amines is 1. The molecule has 1 aromatic carbocycles. The van der Waals surface area contributed by atoms with E-state index in [1.165, 1.54) is 4.57 Å². The lowest BCUT2D eigenvalue weighted by atomic mass is 10.0. The molecule has 23 heavy (non-hydrogen) atoms. The fourth-order valence-electron chi connectivity index (χ4n) is 2.60. The van der Waals surface area contributed by atoms with Crippen molar-refractivity contribution in [3.8, 4) is 5.88 Å². The highest BCUT2D eigenvalue weighted by Gasteiger charge is 2.23. The van der Waals surface area contributed by atoms with Crippen molar-refractivity contribution in [3.05, 3.63) is 56.2 Å². The summed E-state index contributed by atoms with van der Waals surface area (Å²) in [4.78, 5) is 30.6. The van der Waals surface area contributed by atoms with Crippen molar-refractivity contribution >= 4 is 23.6 Å². The van der Waals surface area contributed by atoms with Crippen LogP contribution in [0.3, 0.4) is 0 Å². The average Bonchev–Trinajstić information content (AvgIpc) is 2.85. The van der Waals surface area contributed by atoms with Crippen LogP contribution in [0, 0.1) is 0 Å². The average molecular weight is 311 g/mol. The molecule has 0 saturated carbocycles. The number of aromatic hydroxyl groups is 1. The van der Waals surface area contributed by atoms with E-state index in [1.807, 2.05) is 24.3 Å². The van der Waals surface area contributed by atoms with E-state index in [-0.39, 0.29) is 11.4 Å². The predicted molar refractivity (Wildman–Crippen MR) is 90.4 cm³/mol. The van der Waals surface area contributed by atoms with Crippen LogP contribution in [-0.4, -0.2) is 20.9 Å². The number of nitrogens with one attached hydrogen (secondary N) is 1. The van der Waals surface area contributed by atoms with E-state index in [9.17, 15) is 14.7 Å². The minimum Gasteiger partial charge on any atom is -0.494 e. The molecule has 0 unspecified atom stereocenters. The SMILES string of the molecule is CC(C)(C)n1c(O)c(/C=C2\C=Nc3ccccc32)c(=O)[nH]c1=O. The van der Waals surface area contributed by atoms with Crippen LogP contribution in [0.15, 0.2) is 38.8 Å². The number of aromatic nitrogens is 2. The highest BCUT2D eigenvalue weighted by atomic mass is 16.3. The van der Waals surface area contributed by atoms with Crippen molar-refractivity contribution in [2.75, 3.05) is 0 Å². The number of fused-ring (bicyclic) bond motifs is 1. The Balaban J connectivity index is 2.24. The molecule has 0 spiro atoms. The molecule has 6 heteroatoms. The van der Waals surface area contributed by atoms with Gasteiger partial charge in [-0.2, -0.15) is 0 Å². The summed E-state index contributed by atoms with van der Waals surface area (Å²) < 4.78 is 1.17. The topological polar surface area (TPSA) is 87.4 Å². The summed E-state index contributed by atoms with van der Waals surface area (Å²) in [7, 11) is 0. The van der Waals surface area contributed by atoms with E-state index in [0.717, 1.165) is 11.3 Å². The Bertz CT molecular complexity index is 956. The molecule has 2 N–H and O–H groups in total. The molecule has 118 valence electrons. The fraction of sp³-hybridized carbons (Fsp3) is 0.235. The first-order valence-corrected chi connectivity index (χ1v) is 7.23. The number of para-hydroxylation sites is 1. The molecule has 3 rings (SSSR count). The summed E-state index contributed by atoms with van der Waals surface area (Å²) in [6, 6.07) is 7.51. The number of hydrogen-bond donors (Lipinski definition) is 2. The van der Waals surface area contributed by atoms with Crippen molar-refractivity contribution in [2.45, 2.75) is 26.3 Å². The van der Waals surface area contributed by atoms with Crippen molar-refractivity contribution in [1.29, 1.82) is 0 Å². The van der Waals surface area contributed by atoms with Crippen LogP contribution in [-0.2, 0) is 5.54 Å². The van der Waals surface area contributed by atoms with Crippen LogP contribution in [0.2, 0.25) is 0 Å². The number of aliphatic imine (C=N–C) groups is 1. The first-order valence-electron chi connectivity index (χ1n) is 7.23. The van der Waals surface area contributed by atoms with E-state index in [0.29, 0.717) is 5.57 Å². The van der Waals surface area contributed by atoms with Gasteiger partial charge in [-0.3, -0.25) is 19.3 Å². The normalized spacial score (nSPS) is 15.2. The molecule has 0 amide bonds. The first kappa shape index (κ1) is 15.0. The van der Waals surface area contributed by atoms with Gasteiger partial charge in [0.2, 0.25) is 5.88 Å². The Morgan fingerprint density at radius 3 is 2.61 bits per heavy atom. The molecular weight excluding hydrogens is 294 g/mol. The van der Waals surface area contributed by atoms with Gasteiger partial charge in [0.15, 0.2) is 0 Å². The van der Waals surface area contributed by atoms with Gasteiger partial charge in [-0.05, 0) is 32.9 Å². The van der Waals surface area contributed by atoms with Crippen LogP contribution in [0.4, 0.5) is 5.69 Å². The lowest BCUT2D eigenvalue weighted by Crippen LogP contribution is -2.39. The number of nitrogens with zero attached hydrogens (tertiary/aromatic N) is 2. The van der Waals surface area contributed by atoms with Gasteiger partial charge in [0.05, 0.1) is 5.69 Å². The smallest absolute Gasteiger partial charge is 0.331 e. The summed E-state index contributed by atoms with van der Waals surface area (Å²) in [6.07, 6.45) is 3.18. The Hall–Kier alpha value is -2.89. The molecule has 0 aliphatic carbocycles. The third kappa shape index (κ3) is 2.52. The lowest BCUT2D eigenvalue weighted by molar-refractivity contribution is 0.305. The minimum absolute atomic E-state index is 0.0395. The van der Waals surface area contributed by atoms with Crippen LogP contribution < -0.4 is 11.2 Å². The maximum absolute atomic E-state index is 12.1. The van der Waals surface area contributed by atoms with E-state index < -0.39 is 16.8 Å². The predicted octanol–water partition coefficient (Wildman–Crippen LogP) is 2.25. The molecule has 0 saturated heterocycles. The molecule has 6 nitrogen and oxygen atoms in total. The lowest BCUT2D eigenvalue weighted by Gasteiger charge is -2.23. The zero-order valence-electron chi connectivity index (χ0n) is 13.1. The fourth-order valence-corrected chi connectivity index (χ4v) is 2.60. The quantitative estimate of drug-likeness (QED) is 0.846. The Morgan fingerprint density at radius 1 is 1.22 bits per heavy atom. The summed E-state index contributed by atoms with van der Waals surface area (Å²) in [5, 5.41) is 10.4. The monoisotopic (exact) mass is 311 g/mol. The molecule has 2 heterocycles. The Kier molecular flexibility index (Phi) is 3.32. The van der Waals surface area contributed by atoms with E-state index >= 15 is 0 Å². The molecule has 0 radical (unpaired) electrons. The van der Waals surface area contributed by atoms with Gasteiger partial charge in [0.1, 0.15) is 5.56 Å². The molecule has 0 bridgehead atoms. The second kappa shape index (κ2) is 5.08. The molecule has 0 atom stereocenters. The van der Waals surface area contributed by atoms with Crippen molar-refractivity contribution < 1.29 is 5.11 Å². The zero-order chi connectivity index (χ0) is 16.8. The van der Waals surface area contributed by atoms with Crippen LogP contribution >= 0.6 is 0 Å². The maximum Gasteiger partial charge on any atom is 0.331 e. The summed E-state index contributed by atoms with van der Waals surface area (Å²) in [6.45, 7) is 5.32. The van der Waals surface area contributed by atoms with Gasteiger partial charge in [0.25, 0.3) is 5.56 Å². The van der Waals surface area contributed by atoms with Crippen molar-refractivity contribution in [2.24, 2.45) is 4.99 Å². The zero-order valence-corrected chi connectivity index (χ0v) is 13.1. The molecule has 1 aromatic heterocycles. The van der Waals surface area contributed by atoms with E-state index in [2.05, 4.69) is 9.98 Å². The number of allylic oxidation sites excluding steroid dienone is 1. The molecule has 1 aliphatic heterocycles. The van der Waals surface area contributed by atoms with E-state index in [4.69, 9.17) is 0 Å². The van der Waals surface area contributed by atoms with Crippen LogP contribution in [0.25, 0.3) is 11.6 Å². The van der Waals surface area contributed by atoms with Gasteiger partial charge < -0.3 is 5.11 Å². The molecule has 2 aromatic rings. The standard InChI is InChI=1S/C17H17N3O3/c1-17(2,3)20-15(22)12(14(21)19-16(20)23)8-10-9-18-13-7-5-4-6-11(10)13/h4-9,22H,1-3H3,(H,19,21,23)/b10-8+. The number of rotatable bonds is 1. The Morgan fingerprint density at radius 2 is 1.91 bits per heavy atom. The molecule has 1 aliphatic rings. The number of H-pyrrole nitrogens is 1. The number of benzene rings is 1. The Labute approximate surface area is 132 Å². The highest BCUT2D eigenvalue weighted by molar-refractivity contribution is 6.21. The first-order chi connectivity index (χ1) is 10.8. The van der Waals surface area contributed by atoms with Crippen LogP contribution in [0.1, 0.15) is 31.9 Å². The third-order valence-corrected chi connectivity index (χ3v) is 3.65. The summed E-state index contributed by atoms with van der Waals surface area (Å²) >= 11 is 0. The van der Waals surface area contributed by atoms with Gasteiger partial charge >= 0.3 is 5.69 Å².